The zero-order valence-electron chi connectivity index (χ0n) is 30.8. The number of aromatic nitrogens is 1. The monoisotopic (exact) mass is 717 g/mol. The summed E-state index contributed by atoms with van der Waals surface area (Å²) in [6.45, 7) is 6.61. The third kappa shape index (κ3) is 5.24. The lowest BCUT2D eigenvalue weighted by molar-refractivity contribution is 0.564. The number of furan rings is 1. The lowest BCUT2D eigenvalue weighted by Gasteiger charge is -2.19. The number of fused-ring (bicyclic) bond motifs is 9. The van der Waals surface area contributed by atoms with E-state index in [4.69, 9.17) is 13.3 Å². The van der Waals surface area contributed by atoms with E-state index >= 15 is 0 Å². The predicted octanol–water partition coefficient (Wildman–Crippen LogP) is 12.3. The Balaban J connectivity index is 0.980. The normalized spacial score (nSPS) is 12.1. The molecule has 4 heterocycles. The molecule has 0 amide bonds. The molecule has 0 aliphatic heterocycles. The summed E-state index contributed by atoms with van der Waals surface area (Å²) in [6.07, 6.45) is 0. The van der Waals surface area contributed by atoms with Crippen molar-refractivity contribution < 1.29 is 13.3 Å². The van der Waals surface area contributed by atoms with Crippen LogP contribution in [0.1, 0.15) is 26.3 Å². The van der Waals surface area contributed by atoms with Gasteiger partial charge in [0.05, 0.1) is 22.5 Å². The Morgan fingerprint density at radius 3 is 1.84 bits per heavy atom. The molecule has 6 heteroatoms. The Hall–Kier alpha value is -6.92. The molecule has 0 bridgehead atoms. The van der Waals surface area contributed by atoms with Crippen LogP contribution in [0.25, 0.3) is 99.4 Å². The quantitative estimate of drug-likeness (QED) is 0.134. The van der Waals surface area contributed by atoms with Crippen molar-refractivity contribution in [1.82, 2.24) is 4.57 Å². The molecule has 0 N–H and O–H groups in total. The van der Waals surface area contributed by atoms with E-state index in [-0.39, 0.29) is 11.0 Å². The largest absolute Gasteiger partial charge is 0.455 e. The van der Waals surface area contributed by atoms with Crippen molar-refractivity contribution in [2.45, 2.75) is 26.2 Å². The van der Waals surface area contributed by atoms with Gasteiger partial charge in [-0.3, -0.25) is 0 Å². The van der Waals surface area contributed by atoms with E-state index in [2.05, 4.69) is 57.2 Å². The first-order chi connectivity index (χ1) is 26.6. The van der Waals surface area contributed by atoms with E-state index in [1.807, 2.05) is 115 Å². The number of nitrogens with zero attached hydrogens (tertiary/aromatic N) is 1. The lowest BCUT2D eigenvalue weighted by atomic mass is 9.85. The van der Waals surface area contributed by atoms with Crippen molar-refractivity contribution in [1.29, 1.82) is 0 Å². The summed E-state index contributed by atoms with van der Waals surface area (Å²) in [5.41, 5.74) is 5.80. The first-order valence-corrected chi connectivity index (χ1v) is 18.4. The molecule has 0 unspecified atom stereocenters. The maximum atomic E-state index is 13.6. The minimum Gasteiger partial charge on any atom is -0.455 e. The fourth-order valence-electron chi connectivity index (χ4n) is 7.99. The highest BCUT2D eigenvalue weighted by Gasteiger charge is 2.20. The molecule has 10 rings (SSSR count). The lowest BCUT2D eigenvalue weighted by Crippen LogP contribution is -2.10. The maximum Gasteiger partial charge on any atom is 0.345 e. The van der Waals surface area contributed by atoms with Gasteiger partial charge < -0.3 is 17.8 Å². The average molecular weight is 718 g/mol. The van der Waals surface area contributed by atoms with Crippen molar-refractivity contribution in [3.05, 3.63) is 166 Å². The van der Waals surface area contributed by atoms with E-state index in [1.54, 1.807) is 0 Å². The van der Waals surface area contributed by atoms with E-state index < -0.39 is 5.63 Å². The summed E-state index contributed by atoms with van der Waals surface area (Å²) in [5.74, 6) is 1.34. The summed E-state index contributed by atoms with van der Waals surface area (Å²) in [4.78, 5) is 26.8. The molecule has 55 heavy (non-hydrogen) atoms. The van der Waals surface area contributed by atoms with Crippen LogP contribution < -0.4 is 11.3 Å². The van der Waals surface area contributed by atoms with Crippen molar-refractivity contribution in [3.63, 3.8) is 0 Å². The first-order valence-electron chi connectivity index (χ1n) is 18.4. The molecule has 6 aromatic carbocycles. The summed E-state index contributed by atoms with van der Waals surface area (Å²) in [6, 6.07) is 46.0. The Bertz CT molecular complexity index is 3290. The summed E-state index contributed by atoms with van der Waals surface area (Å²) >= 11 is 0. The van der Waals surface area contributed by atoms with Gasteiger partial charge in [-0.05, 0) is 85.9 Å². The number of hydrogen-bond donors (Lipinski definition) is 0. The van der Waals surface area contributed by atoms with E-state index in [0.717, 1.165) is 65.6 Å². The molecule has 0 radical (unpaired) electrons. The van der Waals surface area contributed by atoms with Crippen LogP contribution in [-0.4, -0.2) is 4.57 Å². The van der Waals surface area contributed by atoms with Gasteiger partial charge in [-0.25, -0.2) is 9.59 Å². The maximum absolute atomic E-state index is 13.6. The van der Waals surface area contributed by atoms with Gasteiger partial charge >= 0.3 is 11.3 Å². The Labute approximate surface area is 315 Å². The highest BCUT2D eigenvalue weighted by atomic mass is 16.4. The van der Waals surface area contributed by atoms with Crippen LogP contribution in [0.2, 0.25) is 0 Å². The fraction of sp³-hybridized carbons (Fsp3) is 0.102. The molecule has 0 saturated heterocycles. The third-order valence-electron chi connectivity index (χ3n) is 11.0. The van der Waals surface area contributed by atoms with E-state index in [9.17, 15) is 9.59 Å². The van der Waals surface area contributed by atoms with Gasteiger partial charge in [-0.2, -0.15) is 0 Å². The summed E-state index contributed by atoms with van der Waals surface area (Å²) < 4.78 is 20.3. The van der Waals surface area contributed by atoms with Gasteiger partial charge in [0, 0.05) is 28.8 Å². The summed E-state index contributed by atoms with van der Waals surface area (Å²) in [7, 11) is 1.92. The minimum atomic E-state index is -0.399. The van der Waals surface area contributed by atoms with Crippen LogP contribution >= 0.6 is 0 Å². The van der Waals surface area contributed by atoms with Crippen LogP contribution in [-0.2, 0) is 12.5 Å². The van der Waals surface area contributed by atoms with Gasteiger partial charge in [0.15, 0.2) is 5.76 Å². The van der Waals surface area contributed by atoms with Crippen molar-refractivity contribution in [2.24, 2.45) is 7.05 Å². The molecule has 266 valence electrons. The second-order valence-corrected chi connectivity index (χ2v) is 15.3. The molecule has 4 aromatic heterocycles. The zero-order valence-corrected chi connectivity index (χ0v) is 30.8. The Morgan fingerprint density at radius 2 is 1.09 bits per heavy atom. The van der Waals surface area contributed by atoms with Crippen LogP contribution in [0.15, 0.2) is 162 Å². The van der Waals surface area contributed by atoms with Gasteiger partial charge in [0.1, 0.15) is 16.9 Å². The Morgan fingerprint density at radius 1 is 0.473 bits per heavy atom. The third-order valence-corrected chi connectivity index (χ3v) is 11.0. The highest BCUT2D eigenvalue weighted by molar-refractivity contribution is 6.23. The minimum absolute atomic E-state index is 0.0282. The molecule has 0 aliphatic carbocycles. The van der Waals surface area contributed by atoms with Gasteiger partial charge in [-0.15, -0.1) is 0 Å². The van der Waals surface area contributed by atoms with Crippen LogP contribution in [0.4, 0.5) is 0 Å². The van der Waals surface area contributed by atoms with Crippen molar-refractivity contribution in [3.8, 4) is 45.2 Å². The van der Waals surface area contributed by atoms with Crippen LogP contribution in [0, 0.1) is 0 Å². The van der Waals surface area contributed by atoms with E-state index in [1.165, 1.54) is 5.56 Å². The SMILES string of the molecule is Cn1c(-c2ccc(-c3ccc(-c4cc5c(ccc6cc(C(C)(C)C)ccc65)oc4=O)cc3)o2)ccc1-c1cc2c3ccccc3c3ccccc3c2oc1=O. The van der Waals surface area contributed by atoms with Crippen LogP contribution in [0.3, 0.4) is 0 Å². The van der Waals surface area contributed by atoms with Gasteiger partial charge in [0.2, 0.25) is 0 Å². The molecular weight excluding hydrogens is 683 g/mol. The number of benzene rings is 6. The molecular formula is C49H35NO5. The molecule has 0 saturated carbocycles. The molecule has 0 aliphatic rings. The summed E-state index contributed by atoms with van der Waals surface area (Å²) in [5, 5.41) is 8.04. The Kier molecular flexibility index (Phi) is 7.17. The van der Waals surface area contributed by atoms with Gasteiger partial charge in [0.25, 0.3) is 0 Å². The molecule has 10 aromatic rings. The average Bonchev–Trinajstić information content (AvgIpc) is 3.84. The number of hydrogen-bond acceptors (Lipinski definition) is 5. The molecule has 6 nitrogen and oxygen atoms in total. The van der Waals surface area contributed by atoms with E-state index in [0.29, 0.717) is 33.8 Å². The topological polar surface area (TPSA) is 78.5 Å². The fourth-order valence-corrected chi connectivity index (χ4v) is 7.99. The standard InChI is InChI=1S/C49H35NO5/c1-49(2,3)31-18-19-32-30(25-31)17-22-44-38(32)26-37(47(51)54-44)28-13-15-29(16-14-28)43-23-24-45(53-43)42-21-20-41(50(42)4)40-27-39-35-11-6-5-9-33(35)34-10-7-8-12-36(34)46(39)55-48(40)52/h5-27H,1-4H3. The van der Waals surface area contributed by atoms with Crippen molar-refractivity contribution in [2.75, 3.05) is 0 Å². The second-order valence-electron chi connectivity index (χ2n) is 15.3. The number of rotatable bonds is 4. The predicted molar refractivity (Wildman–Crippen MR) is 223 cm³/mol. The first kappa shape index (κ1) is 32.7. The highest BCUT2D eigenvalue weighted by Crippen LogP contribution is 2.38. The second kappa shape index (κ2) is 12.1. The van der Waals surface area contributed by atoms with Gasteiger partial charge in [-0.1, -0.05) is 118 Å². The molecule has 0 fully saturated rings. The zero-order chi connectivity index (χ0) is 37.6. The molecule has 0 atom stereocenters. The van der Waals surface area contributed by atoms with Crippen molar-refractivity contribution >= 4 is 54.3 Å². The smallest absolute Gasteiger partial charge is 0.345 e. The molecule has 0 spiro atoms. The van der Waals surface area contributed by atoms with Crippen LogP contribution in [0.5, 0.6) is 0 Å².